The van der Waals surface area contributed by atoms with Gasteiger partial charge in [-0.05, 0) is 53.5 Å². The zero-order chi connectivity index (χ0) is 13.0. The molecular weight excluding hydrogens is 315 g/mol. The second-order valence-corrected chi connectivity index (χ2v) is 6.19. The minimum Gasteiger partial charge on any atom is -0.311 e. The molecule has 0 fully saturated rings. The lowest BCUT2D eigenvalue weighted by molar-refractivity contribution is 0.619. The molecule has 0 bridgehead atoms. The Labute approximate surface area is 118 Å². The Morgan fingerprint density at radius 3 is 2.94 bits per heavy atom. The molecule has 0 spiro atoms. The second kappa shape index (κ2) is 6.41. The molecule has 0 aliphatic carbocycles. The van der Waals surface area contributed by atoms with E-state index >= 15 is 0 Å². The van der Waals surface area contributed by atoms with Gasteiger partial charge in [0.25, 0.3) is 0 Å². The van der Waals surface area contributed by atoms with Crippen LogP contribution in [0, 0.1) is 12.7 Å². The zero-order valence-corrected chi connectivity index (χ0v) is 12.4. The van der Waals surface area contributed by atoms with Gasteiger partial charge in [0.1, 0.15) is 5.82 Å². The molecule has 0 atom stereocenters. The van der Waals surface area contributed by atoms with Crippen LogP contribution in [0.3, 0.4) is 0 Å². The lowest BCUT2D eigenvalue weighted by atomic mass is 10.1. The number of hydrogen-bond acceptors (Lipinski definition) is 3. The van der Waals surface area contributed by atoms with Crippen LogP contribution >= 0.6 is 27.3 Å². The van der Waals surface area contributed by atoms with Crippen LogP contribution in [0.4, 0.5) is 4.39 Å². The summed E-state index contributed by atoms with van der Waals surface area (Å²) in [5.74, 6) is -0.216. The van der Waals surface area contributed by atoms with Gasteiger partial charge in [-0.15, -0.1) is 11.3 Å². The van der Waals surface area contributed by atoms with Crippen molar-refractivity contribution in [3.05, 3.63) is 50.1 Å². The van der Waals surface area contributed by atoms with E-state index in [1.54, 1.807) is 11.3 Å². The van der Waals surface area contributed by atoms with Crippen molar-refractivity contribution in [1.29, 1.82) is 0 Å². The summed E-state index contributed by atoms with van der Waals surface area (Å²) >= 11 is 4.90. The van der Waals surface area contributed by atoms with Gasteiger partial charge in [0.05, 0.1) is 9.48 Å². The maximum Gasteiger partial charge on any atom is 0.137 e. The lowest BCUT2D eigenvalue weighted by Crippen LogP contribution is -2.15. The predicted octanol–water partition coefficient (Wildman–Crippen LogP) is 3.69. The summed E-state index contributed by atoms with van der Waals surface area (Å²) < 4.78 is 13.6. The van der Waals surface area contributed by atoms with Crippen LogP contribution in [-0.2, 0) is 13.0 Å². The molecule has 1 heterocycles. The molecule has 5 heteroatoms. The van der Waals surface area contributed by atoms with E-state index in [0.29, 0.717) is 4.47 Å². The number of rotatable bonds is 5. The largest absolute Gasteiger partial charge is 0.311 e. The number of aromatic nitrogens is 1. The fourth-order valence-electron chi connectivity index (χ4n) is 1.63. The summed E-state index contributed by atoms with van der Waals surface area (Å²) in [6.07, 6.45) is 2.79. The summed E-state index contributed by atoms with van der Waals surface area (Å²) in [7, 11) is 0. The second-order valence-electron chi connectivity index (χ2n) is 4.02. The monoisotopic (exact) mass is 328 g/mol. The van der Waals surface area contributed by atoms with E-state index in [0.717, 1.165) is 30.1 Å². The number of hydrogen-bond donors (Lipinski definition) is 1. The minimum absolute atomic E-state index is 0.216. The predicted molar refractivity (Wildman–Crippen MR) is 76.4 cm³/mol. The first-order chi connectivity index (χ1) is 8.65. The van der Waals surface area contributed by atoms with Crippen LogP contribution in [0.15, 0.2) is 28.9 Å². The molecule has 0 radical (unpaired) electrons. The number of nitrogens with one attached hydrogen (secondary N) is 1. The molecular formula is C13H14BrFN2S. The van der Waals surface area contributed by atoms with Crippen molar-refractivity contribution in [2.75, 3.05) is 6.54 Å². The normalized spacial score (nSPS) is 10.8. The van der Waals surface area contributed by atoms with Crippen LogP contribution < -0.4 is 5.32 Å². The third-order valence-electron chi connectivity index (χ3n) is 2.54. The van der Waals surface area contributed by atoms with Crippen molar-refractivity contribution in [2.24, 2.45) is 0 Å². The first-order valence-corrected chi connectivity index (χ1v) is 7.32. The van der Waals surface area contributed by atoms with E-state index in [1.165, 1.54) is 10.9 Å². The van der Waals surface area contributed by atoms with Crippen molar-refractivity contribution >= 4 is 27.3 Å². The summed E-state index contributed by atoms with van der Waals surface area (Å²) in [5.41, 5.74) is 1.12. The number of thiazole rings is 1. The molecule has 0 saturated carbocycles. The van der Waals surface area contributed by atoms with Crippen LogP contribution in [0.1, 0.15) is 15.4 Å². The van der Waals surface area contributed by atoms with Gasteiger partial charge in [-0.25, -0.2) is 9.37 Å². The molecule has 96 valence electrons. The molecule has 2 nitrogen and oxygen atoms in total. The Morgan fingerprint density at radius 2 is 2.28 bits per heavy atom. The highest BCUT2D eigenvalue weighted by Crippen LogP contribution is 2.17. The van der Waals surface area contributed by atoms with Gasteiger partial charge in [-0.2, -0.15) is 0 Å². The third-order valence-corrected chi connectivity index (χ3v) is 4.06. The van der Waals surface area contributed by atoms with Crippen molar-refractivity contribution in [3.8, 4) is 0 Å². The minimum atomic E-state index is -0.216. The maximum absolute atomic E-state index is 13.0. The van der Waals surface area contributed by atoms with Gasteiger partial charge in [-0.3, -0.25) is 0 Å². The van der Waals surface area contributed by atoms with Gasteiger partial charge in [0.2, 0.25) is 0 Å². The van der Waals surface area contributed by atoms with Crippen molar-refractivity contribution in [3.63, 3.8) is 0 Å². The summed E-state index contributed by atoms with van der Waals surface area (Å²) in [6, 6.07) is 5.14. The molecule has 2 rings (SSSR count). The Bertz CT molecular complexity index is 527. The molecule has 0 saturated heterocycles. The Morgan fingerprint density at radius 1 is 1.44 bits per heavy atom. The smallest absolute Gasteiger partial charge is 0.137 e. The van der Waals surface area contributed by atoms with E-state index in [9.17, 15) is 4.39 Å². The fourth-order valence-corrected chi connectivity index (χ4v) is 2.82. The number of halogens is 2. The van der Waals surface area contributed by atoms with Gasteiger partial charge in [0.15, 0.2) is 0 Å². The average Bonchev–Trinajstić information content (AvgIpc) is 2.75. The number of aryl methyl sites for hydroxylation is 1. The molecule has 1 aromatic carbocycles. The highest BCUT2D eigenvalue weighted by molar-refractivity contribution is 9.10. The van der Waals surface area contributed by atoms with Gasteiger partial charge < -0.3 is 5.32 Å². The first kappa shape index (κ1) is 13.6. The third kappa shape index (κ3) is 3.86. The highest BCUT2D eigenvalue weighted by Gasteiger charge is 2.01. The van der Waals surface area contributed by atoms with Crippen LogP contribution in [-0.4, -0.2) is 11.5 Å². The van der Waals surface area contributed by atoms with Crippen LogP contribution in [0.2, 0.25) is 0 Å². The van der Waals surface area contributed by atoms with Gasteiger partial charge in [-0.1, -0.05) is 6.07 Å². The van der Waals surface area contributed by atoms with E-state index < -0.39 is 0 Å². The molecule has 1 N–H and O–H groups in total. The molecule has 2 aromatic rings. The quantitative estimate of drug-likeness (QED) is 0.847. The van der Waals surface area contributed by atoms with Crippen molar-refractivity contribution < 1.29 is 4.39 Å². The van der Waals surface area contributed by atoms with Crippen LogP contribution in [0.25, 0.3) is 0 Å². The summed E-state index contributed by atoms with van der Waals surface area (Å²) in [4.78, 5) is 5.45. The van der Waals surface area contributed by atoms with E-state index in [4.69, 9.17) is 0 Å². The van der Waals surface area contributed by atoms with E-state index in [-0.39, 0.29) is 5.82 Å². The SMILES string of the molecule is Cc1ncc(CNCCc2ccc(F)c(Br)c2)s1. The maximum atomic E-state index is 13.0. The Balaban J connectivity index is 1.76. The molecule has 1 aromatic heterocycles. The van der Waals surface area contributed by atoms with Crippen LogP contribution in [0.5, 0.6) is 0 Å². The zero-order valence-electron chi connectivity index (χ0n) is 10.0. The highest BCUT2D eigenvalue weighted by atomic mass is 79.9. The topological polar surface area (TPSA) is 24.9 Å². The number of nitrogens with zero attached hydrogens (tertiary/aromatic N) is 1. The molecule has 18 heavy (non-hydrogen) atoms. The number of benzene rings is 1. The van der Waals surface area contributed by atoms with E-state index in [1.807, 2.05) is 25.3 Å². The van der Waals surface area contributed by atoms with Gasteiger partial charge in [0, 0.05) is 17.6 Å². The standard InChI is InChI=1S/C13H14BrFN2S/c1-9-17-8-11(18-9)7-16-5-4-10-2-3-13(15)12(14)6-10/h2-3,6,8,16H,4-5,7H2,1H3. The molecule has 0 amide bonds. The summed E-state index contributed by atoms with van der Waals surface area (Å²) in [5, 5.41) is 4.45. The first-order valence-electron chi connectivity index (χ1n) is 5.71. The molecule has 0 unspecified atom stereocenters. The molecule has 0 aliphatic rings. The van der Waals surface area contributed by atoms with Crippen molar-refractivity contribution in [1.82, 2.24) is 10.3 Å². The van der Waals surface area contributed by atoms with Crippen molar-refractivity contribution in [2.45, 2.75) is 19.9 Å². The van der Waals surface area contributed by atoms with E-state index in [2.05, 4.69) is 26.2 Å². The summed E-state index contributed by atoms with van der Waals surface area (Å²) in [6.45, 7) is 3.72. The fraction of sp³-hybridized carbons (Fsp3) is 0.308. The lowest BCUT2D eigenvalue weighted by Gasteiger charge is -2.04. The average molecular weight is 329 g/mol. The molecule has 0 aliphatic heterocycles. The Hall–Kier alpha value is -0.780. The van der Waals surface area contributed by atoms with Gasteiger partial charge >= 0.3 is 0 Å². The Kier molecular flexibility index (Phi) is 4.86.